The average Bonchev–Trinajstić information content (AvgIpc) is 2.47. The van der Waals surface area contributed by atoms with E-state index >= 15 is 0 Å². The summed E-state index contributed by atoms with van der Waals surface area (Å²) in [6.07, 6.45) is 0.0660. The van der Waals surface area contributed by atoms with E-state index in [1.165, 1.54) is 24.3 Å². The lowest BCUT2D eigenvalue weighted by atomic mass is 10.1. The molecule has 0 saturated heterocycles. The summed E-state index contributed by atoms with van der Waals surface area (Å²) in [4.78, 5) is 23.6. The summed E-state index contributed by atoms with van der Waals surface area (Å²) in [6, 6.07) is 9.34. The smallest absolute Gasteiger partial charge is 0.326 e. The zero-order valence-corrected chi connectivity index (χ0v) is 14.9. The standard InChI is InChI=1S/C16H12Br2FNO3/c17-11-6-10(7-12(18)8-11)15(21)20-14(16(22)23)5-9-1-3-13(19)4-2-9/h1-4,6-8,14H,5H2,(H,20,21)(H,22,23)/t14-/m1/s1. The molecule has 2 aromatic carbocycles. The number of carboxylic acid groups (broad SMARTS) is 1. The molecule has 0 aromatic heterocycles. The molecule has 0 aliphatic heterocycles. The molecule has 1 amide bonds. The Morgan fingerprint density at radius 3 is 2.17 bits per heavy atom. The minimum absolute atomic E-state index is 0.0660. The van der Waals surface area contributed by atoms with E-state index in [1.54, 1.807) is 18.2 Å². The fraction of sp³-hybridized carbons (Fsp3) is 0.125. The van der Waals surface area contributed by atoms with E-state index in [-0.39, 0.29) is 6.42 Å². The van der Waals surface area contributed by atoms with Crippen molar-refractivity contribution in [2.24, 2.45) is 0 Å². The largest absolute Gasteiger partial charge is 0.480 e. The van der Waals surface area contributed by atoms with Crippen molar-refractivity contribution >= 4 is 43.7 Å². The number of halogens is 3. The third-order valence-corrected chi connectivity index (χ3v) is 4.00. The molecule has 0 aliphatic rings. The van der Waals surface area contributed by atoms with Crippen LogP contribution in [0.4, 0.5) is 4.39 Å². The van der Waals surface area contributed by atoms with Gasteiger partial charge in [0, 0.05) is 20.9 Å². The minimum Gasteiger partial charge on any atom is -0.480 e. The number of carboxylic acids is 1. The maximum atomic E-state index is 12.9. The average molecular weight is 445 g/mol. The lowest BCUT2D eigenvalue weighted by molar-refractivity contribution is -0.139. The summed E-state index contributed by atoms with van der Waals surface area (Å²) in [6.45, 7) is 0. The molecule has 0 radical (unpaired) electrons. The van der Waals surface area contributed by atoms with Crippen LogP contribution in [0.25, 0.3) is 0 Å². The van der Waals surface area contributed by atoms with Crippen LogP contribution in [-0.2, 0) is 11.2 Å². The highest BCUT2D eigenvalue weighted by atomic mass is 79.9. The second-order valence-electron chi connectivity index (χ2n) is 4.85. The Balaban J connectivity index is 2.14. The molecule has 0 saturated carbocycles. The molecule has 0 fully saturated rings. The highest BCUT2D eigenvalue weighted by Crippen LogP contribution is 2.20. The van der Waals surface area contributed by atoms with Crippen LogP contribution >= 0.6 is 31.9 Å². The molecule has 0 aliphatic carbocycles. The second-order valence-corrected chi connectivity index (χ2v) is 6.68. The van der Waals surface area contributed by atoms with Crippen molar-refractivity contribution < 1.29 is 19.1 Å². The molecule has 120 valence electrons. The van der Waals surface area contributed by atoms with Crippen molar-refractivity contribution in [2.45, 2.75) is 12.5 Å². The Morgan fingerprint density at radius 2 is 1.65 bits per heavy atom. The Kier molecular flexibility index (Phi) is 5.90. The van der Waals surface area contributed by atoms with E-state index in [1.807, 2.05) is 0 Å². The fourth-order valence-electron chi connectivity index (χ4n) is 1.98. The van der Waals surface area contributed by atoms with E-state index in [4.69, 9.17) is 0 Å². The van der Waals surface area contributed by atoms with Crippen LogP contribution in [0.15, 0.2) is 51.4 Å². The van der Waals surface area contributed by atoms with Crippen molar-refractivity contribution in [2.75, 3.05) is 0 Å². The molecule has 23 heavy (non-hydrogen) atoms. The van der Waals surface area contributed by atoms with Crippen LogP contribution in [0.5, 0.6) is 0 Å². The number of benzene rings is 2. The summed E-state index contributed by atoms with van der Waals surface area (Å²) in [5.41, 5.74) is 0.950. The highest BCUT2D eigenvalue weighted by molar-refractivity contribution is 9.11. The van der Waals surface area contributed by atoms with Crippen LogP contribution in [0.2, 0.25) is 0 Å². The molecule has 2 rings (SSSR count). The number of rotatable bonds is 5. The first-order chi connectivity index (χ1) is 10.8. The maximum Gasteiger partial charge on any atom is 0.326 e. The lowest BCUT2D eigenvalue weighted by Crippen LogP contribution is -2.42. The monoisotopic (exact) mass is 443 g/mol. The number of hydrogen-bond acceptors (Lipinski definition) is 2. The Morgan fingerprint density at radius 1 is 1.09 bits per heavy atom. The van der Waals surface area contributed by atoms with Crippen LogP contribution in [0.3, 0.4) is 0 Å². The molecular weight excluding hydrogens is 433 g/mol. The summed E-state index contributed by atoms with van der Waals surface area (Å²) >= 11 is 6.55. The Hall–Kier alpha value is -1.73. The third-order valence-electron chi connectivity index (χ3n) is 3.08. The molecule has 2 N–H and O–H groups in total. The van der Waals surface area contributed by atoms with E-state index in [2.05, 4.69) is 37.2 Å². The predicted octanol–water partition coefficient (Wildman–Crippen LogP) is 3.78. The molecule has 7 heteroatoms. The number of nitrogens with one attached hydrogen (secondary N) is 1. The van der Waals surface area contributed by atoms with E-state index in [9.17, 15) is 19.1 Å². The Bertz CT molecular complexity index is 714. The zero-order chi connectivity index (χ0) is 17.0. The predicted molar refractivity (Wildman–Crippen MR) is 90.8 cm³/mol. The van der Waals surface area contributed by atoms with Gasteiger partial charge in [-0.15, -0.1) is 0 Å². The summed E-state index contributed by atoms with van der Waals surface area (Å²) < 4.78 is 14.3. The summed E-state index contributed by atoms with van der Waals surface area (Å²) in [5, 5.41) is 11.8. The topological polar surface area (TPSA) is 66.4 Å². The van der Waals surface area contributed by atoms with E-state index in [0.29, 0.717) is 20.1 Å². The molecule has 1 atom stereocenters. The molecule has 0 bridgehead atoms. The molecule has 2 aromatic rings. The molecule has 4 nitrogen and oxygen atoms in total. The van der Waals surface area contributed by atoms with Crippen molar-refractivity contribution in [3.8, 4) is 0 Å². The number of carbonyl (C=O) groups excluding carboxylic acids is 1. The van der Waals surface area contributed by atoms with Gasteiger partial charge in [0.05, 0.1) is 0 Å². The molecular formula is C16H12Br2FNO3. The second kappa shape index (κ2) is 7.70. The summed E-state index contributed by atoms with van der Waals surface area (Å²) in [5.74, 6) is -2.05. The van der Waals surface area contributed by atoms with Gasteiger partial charge in [-0.25, -0.2) is 9.18 Å². The first kappa shape index (κ1) is 17.6. The fourth-order valence-corrected chi connectivity index (χ4v) is 3.28. The highest BCUT2D eigenvalue weighted by Gasteiger charge is 2.21. The van der Waals surface area contributed by atoms with Gasteiger partial charge in [-0.2, -0.15) is 0 Å². The van der Waals surface area contributed by atoms with Crippen LogP contribution in [-0.4, -0.2) is 23.0 Å². The quantitative estimate of drug-likeness (QED) is 0.737. The van der Waals surface area contributed by atoms with Crippen molar-refractivity contribution in [3.05, 3.63) is 68.4 Å². The van der Waals surface area contributed by atoms with Crippen molar-refractivity contribution in [3.63, 3.8) is 0 Å². The van der Waals surface area contributed by atoms with Gasteiger partial charge in [-0.1, -0.05) is 44.0 Å². The van der Waals surface area contributed by atoms with E-state index in [0.717, 1.165) is 0 Å². The van der Waals surface area contributed by atoms with Crippen LogP contribution in [0.1, 0.15) is 15.9 Å². The maximum absolute atomic E-state index is 12.9. The van der Waals surface area contributed by atoms with Crippen LogP contribution < -0.4 is 5.32 Å². The van der Waals surface area contributed by atoms with Crippen molar-refractivity contribution in [1.82, 2.24) is 5.32 Å². The molecule has 0 spiro atoms. The van der Waals surface area contributed by atoms with Crippen molar-refractivity contribution in [1.29, 1.82) is 0 Å². The van der Waals surface area contributed by atoms with Gasteiger partial charge in [0.2, 0.25) is 0 Å². The van der Waals surface area contributed by atoms with Gasteiger partial charge >= 0.3 is 5.97 Å². The van der Waals surface area contributed by atoms with Gasteiger partial charge in [0.15, 0.2) is 0 Å². The number of aliphatic carboxylic acids is 1. The van der Waals surface area contributed by atoms with Crippen LogP contribution in [0, 0.1) is 5.82 Å². The lowest BCUT2D eigenvalue weighted by Gasteiger charge is -2.15. The summed E-state index contributed by atoms with van der Waals surface area (Å²) in [7, 11) is 0. The minimum atomic E-state index is -1.16. The number of amides is 1. The molecule has 0 unspecified atom stereocenters. The van der Waals surface area contributed by atoms with Gasteiger partial charge < -0.3 is 10.4 Å². The SMILES string of the molecule is O=C(N[C@H](Cc1ccc(F)cc1)C(=O)O)c1cc(Br)cc(Br)c1. The van der Waals surface area contributed by atoms with Gasteiger partial charge in [0.25, 0.3) is 5.91 Å². The number of carbonyl (C=O) groups is 2. The third kappa shape index (κ3) is 5.14. The Labute approximate surface area is 149 Å². The molecule has 0 heterocycles. The zero-order valence-electron chi connectivity index (χ0n) is 11.7. The van der Waals surface area contributed by atoms with Gasteiger partial charge in [-0.05, 0) is 35.9 Å². The first-order valence-electron chi connectivity index (χ1n) is 6.59. The van der Waals surface area contributed by atoms with Gasteiger partial charge in [-0.3, -0.25) is 4.79 Å². The van der Waals surface area contributed by atoms with E-state index < -0.39 is 23.7 Å². The number of hydrogen-bond donors (Lipinski definition) is 2. The van der Waals surface area contributed by atoms with Gasteiger partial charge in [0.1, 0.15) is 11.9 Å². The first-order valence-corrected chi connectivity index (χ1v) is 8.18. The normalized spacial score (nSPS) is 11.8.